The first kappa shape index (κ1) is 8.58. The topological polar surface area (TPSA) is 77.8 Å². The van der Waals surface area contributed by atoms with Gasteiger partial charge in [0.05, 0.1) is 12.5 Å². The summed E-state index contributed by atoms with van der Waals surface area (Å²) < 4.78 is 0. The Kier molecular flexibility index (Phi) is 1.81. The van der Waals surface area contributed by atoms with Gasteiger partial charge in [-0.1, -0.05) is 11.8 Å². The van der Waals surface area contributed by atoms with E-state index in [1.54, 1.807) is 0 Å². The number of aliphatic hydroxyl groups is 1. The van der Waals surface area contributed by atoms with Crippen molar-refractivity contribution in [2.75, 3.05) is 6.61 Å². The molecular formula is C7H7NO4S. The predicted octanol–water partition coefficient (Wildman–Crippen LogP) is -0.564. The highest BCUT2D eigenvalue weighted by Gasteiger charge is 2.51. The highest BCUT2D eigenvalue weighted by atomic mass is 32.2. The molecule has 1 amide bonds. The molecule has 0 bridgehead atoms. The number of hydrogen-bond acceptors (Lipinski definition) is 4. The van der Waals surface area contributed by atoms with Crippen molar-refractivity contribution in [2.24, 2.45) is 5.92 Å². The van der Waals surface area contributed by atoms with Crippen molar-refractivity contribution in [3.63, 3.8) is 0 Å². The number of thioether (sulfide) groups is 1. The van der Waals surface area contributed by atoms with Gasteiger partial charge < -0.3 is 15.1 Å². The van der Waals surface area contributed by atoms with Gasteiger partial charge in [-0.05, 0) is 0 Å². The van der Waals surface area contributed by atoms with Crippen LogP contribution in [0, 0.1) is 5.92 Å². The molecule has 0 aromatic carbocycles. The van der Waals surface area contributed by atoms with Crippen LogP contribution in [0.4, 0.5) is 0 Å². The van der Waals surface area contributed by atoms with Crippen molar-refractivity contribution in [2.45, 2.75) is 5.37 Å². The minimum Gasteiger partial charge on any atom is -0.477 e. The average Bonchev–Trinajstić information content (AvgIpc) is 2.45. The number of carboxylic acids is 1. The summed E-state index contributed by atoms with van der Waals surface area (Å²) in [5, 5.41) is 17.2. The molecule has 0 aliphatic carbocycles. The number of carbonyl (C=O) groups excluding carboxylic acids is 1. The lowest BCUT2D eigenvalue weighted by atomic mass is 10.0. The number of aliphatic carboxylic acids is 1. The zero-order chi connectivity index (χ0) is 9.59. The van der Waals surface area contributed by atoms with Gasteiger partial charge in [0, 0.05) is 6.20 Å². The van der Waals surface area contributed by atoms with Crippen LogP contribution in [0.1, 0.15) is 0 Å². The summed E-state index contributed by atoms with van der Waals surface area (Å²) in [5.41, 5.74) is 0. The molecule has 70 valence electrons. The van der Waals surface area contributed by atoms with Crippen LogP contribution >= 0.6 is 11.8 Å². The van der Waals surface area contributed by atoms with Crippen LogP contribution in [-0.2, 0) is 9.59 Å². The molecule has 0 spiro atoms. The van der Waals surface area contributed by atoms with Gasteiger partial charge in [-0.15, -0.1) is 0 Å². The molecule has 0 saturated carbocycles. The first-order valence-electron chi connectivity index (χ1n) is 3.70. The minimum absolute atomic E-state index is 0.161. The summed E-state index contributed by atoms with van der Waals surface area (Å²) in [6, 6.07) is 0. The van der Waals surface area contributed by atoms with E-state index < -0.39 is 11.9 Å². The fourth-order valence-corrected chi connectivity index (χ4v) is 2.57. The molecule has 13 heavy (non-hydrogen) atoms. The molecule has 0 aromatic heterocycles. The zero-order valence-corrected chi connectivity index (χ0v) is 7.32. The molecule has 6 heteroatoms. The number of nitrogens with zero attached hydrogens (tertiary/aromatic N) is 1. The smallest absolute Gasteiger partial charge is 0.343 e. The lowest BCUT2D eigenvalue weighted by Gasteiger charge is -2.39. The average molecular weight is 201 g/mol. The summed E-state index contributed by atoms with van der Waals surface area (Å²) in [5.74, 6) is -1.65. The van der Waals surface area contributed by atoms with E-state index >= 15 is 0 Å². The van der Waals surface area contributed by atoms with Gasteiger partial charge in [0.2, 0.25) is 5.91 Å². The van der Waals surface area contributed by atoms with E-state index in [0.717, 1.165) is 11.8 Å². The molecular weight excluding hydrogens is 194 g/mol. The molecule has 2 N–H and O–H groups in total. The van der Waals surface area contributed by atoms with E-state index in [0.29, 0.717) is 0 Å². The Bertz CT molecular complexity index is 314. The van der Waals surface area contributed by atoms with E-state index in [1.165, 1.54) is 11.1 Å². The van der Waals surface area contributed by atoms with Crippen LogP contribution in [0.3, 0.4) is 0 Å². The molecule has 1 fully saturated rings. The number of amides is 1. The first-order valence-corrected chi connectivity index (χ1v) is 4.58. The van der Waals surface area contributed by atoms with Crippen molar-refractivity contribution in [1.29, 1.82) is 0 Å². The van der Waals surface area contributed by atoms with E-state index in [1.807, 2.05) is 0 Å². The maximum atomic E-state index is 11.2. The van der Waals surface area contributed by atoms with Crippen LogP contribution in [-0.4, -0.2) is 39.0 Å². The van der Waals surface area contributed by atoms with E-state index in [-0.39, 0.29) is 22.8 Å². The Hall–Kier alpha value is -1.01. The number of hydrogen-bond donors (Lipinski definition) is 2. The molecule has 0 radical (unpaired) electrons. The Labute approximate surface area is 78.0 Å². The molecule has 1 saturated heterocycles. The largest absolute Gasteiger partial charge is 0.477 e. The normalized spacial score (nSPS) is 31.0. The number of fused-ring (bicyclic) bond motifs is 1. The van der Waals surface area contributed by atoms with E-state index in [4.69, 9.17) is 10.2 Å². The van der Waals surface area contributed by atoms with Crippen LogP contribution in [0.2, 0.25) is 0 Å². The Balaban J connectivity index is 2.14. The van der Waals surface area contributed by atoms with Crippen molar-refractivity contribution < 1.29 is 19.8 Å². The van der Waals surface area contributed by atoms with Crippen LogP contribution < -0.4 is 0 Å². The second kappa shape index (κ2) is 2.74. The highest BCUT2D eigenvalue weighted by molar-refractivity contribution is 8.04. The van der Waals surface area contributed by atoms with Gasteiger partial charge in [-0.2, -0.15) is 0 Å². The first-order chi connectivity index (χ1) is 6.15. The third-order valence-corrected chi connectivity index (χ3v) is 3.43. The van der Waals surface area contributed by atoms with Crippen molar-refractivity contribution in [3.05, 3.63) is 11.1 Å². The number of aliphatic hydroxyl groups excluding tert-OH is 1. The third kappa shape index (κ3) is 1.06. The maximum absolute atomic E-state index is 11.2. The van der Waals surface area contributed by atoms with Gasteiger partial charge in [0.25, 0.3) is 0 Å². The zero-order valence-electron chi connectivity index (χ0n) is 6.51. The molecule has 0 aromatic rings. The van der Waals surface area contributed by atoms with E-state index in [2.05, 4.69) is 0 Å². The van der Waals surface area contributed by atoms with Crippen molar-refractivity contribution in [3.8, 4) is 0 Å². The van der Waals surface area contributed by atoms with Gasteiger partial charge >= 0.3 is 5.97 Å². The molecule has 2 heterocycles. The fourth-order valence-electron chi connectivity index (χ4n) is 1.39. The fraction of sp³-hybridized carbons (Fsp3) is 0.429. The van der Waals surface area contributed by atoms with Crippen molar-refractivity contribution >= 4 is 23.6 Å². The van der Waals surface area contributed by atoms with E-state index in [9.17, 15) is 9.59 Å². The number of β-lactam (4-membered cyclic amide) rings is 1. The second-order valence-electron chi connectivity index (χ2n) is 2.84. The third-order valence-electron chi connectivity index (χ3n) is 2.10. The molecule has 2 aliphatic rings. The quantitative estimate of drug-likeness (QED) is 0.585. The summed E-state index contributed by atoms with van der Waals surface area (Å²) in [6.07, 6.45) is 1.33. The Morgan fingerprint density at radius 2 is 2.38 bits per heavy atom. The lowest BCUT2D eigenvalue weighted by molar-refractivity contribution is -0.147. The SMILES string of the molecule is O=C(O)C1=CN2C(=O)C(CO)[C@H]2S1. The molecule has 1 unspecified atom stereocenters. The number of carboxylic acid groups (broad SMARTS) is 1. The Morgan fingerprint density at radius 3 is 2.92 bits per heavy atom. The predicted molar refractivity (Wildman–Crippen MR) is 44.5 cm³/mol. The number of carbonyl (C=O) groups is 2. The van der Waals surface area contributed by atoms with Crippen LogP contribution in [0.5, 0.6) is 0 Å². The molecule has 2 atom stereocenters. The number of rotatable bonds is 2. The van der Waals surface area contributed by atoms with Gasteiger partial charge in [0.15, 0.2) is 0 Å². The Morgan fingerprint density at radius 1 is 1.69 bits per heavy atom. The summed E-state index contributed by atoms with van der Waals surface area (Å²) in [4.78, 5) is 23.2. The maximum Gasteiger partial charge on any atom is 0.343 e. The van der Waals surface area contributed by atoms with Crippen LogP contribution in [0.15, 0.2) is 11.1 Å². The summed E-state index contributed by atoms with van der Waals surface area (Å²) in [7, 11) is 0. The minimum atomic E-state index is -1.02. The van der Waals surface area contributed by atoms with Crippen molar-refractivity contribution in [1.82, 2.24) is 4.90 Å². The lowest BCUT2D eigenvalue weighted by Crippen LogP contribution is -2.55. The molecule has 5 nitrogen and oxygen atoms in total. The van der Waals surface area contributed by atoms with Gasteiger partial charge in [0.1, 0.15) is 10.3 Å². The summed E-state index contributed by atoms with van der Waals surface area (Å²) >= 11 is 1.11. The standard InChI is InChI=1S/C7H7NO4S/c9-2-3-5(10)8-1-4(7(11)12)13-6(3)8/h1,3,6,9H,2H2,(H,11,12)/t3?,6-/m1/s1. The molecule has 2 rings (SSSR count). The highest BCUT2D eigenvalue weighted by Crippen LogP contribution is 2.44. The van der Waals surface area contributed by atoms with Crippen LogP contribution in [0.25, 0.3) is 0 Å². The molecule has 2 aliphatic heterocycles. The summed E-state index contributed by atoms with van der Waals surface area (Å²) in [6.45, 7) is -0.215. The monoisotopic (exact) mass is 201 g/mol. The van der Waals surface area contributed by atoms with Gasteiger partial charge in [-0.25, -0.2) is 4.79 Å². The second-order valence-corrected chi connectivity index (χ2v) is 4.00. The van der Waals surface area contributed by atoms with Gasteiger partial charge in [-0.3, -0.25) is 4.79 Å².